The van der Waals surface area contributed by atoms with Gasteiger partial charge in [-0.3, -0.25) is 4.79 Å². The van der Waals surface area contributed by atoms with Crippen LogP contribution in [0.2, 0.25) is 0 Å². The summed E-state index contributed by atoms with van der Waals surface area (Å²) in [5.74, 6) is 0.126. The number of benzene rings is 2. The van der Waals surface area contributed by atoms with Crippen molar-refractivity contribution in [1.29, 1.82) is 5.26 Å². The lowest BCUT2D eigenvalue weighted by Gasteiger charge is -2.09. The van der Waals surface area contributed by atoms with Gasteiger partial charge in [0.1, 0.15) is 5.69 Å². The molecule has 140 valence electrons. The summed E-state index contributed by atoms with van der Waals surface area (Å²) in [7, 11) is 0. The summed E-state index contributed by atoms with van der Waals surface area (Å²) in [6.07, 6.45) is 1.77. The summed E-state index contributed by atoms with van der Waals surface area (Å²) in [5, 5.41) is 14.8. The Hall–Kier alpha value is -3.72. The molecule has 0 fully saturated rings. The number of hydrogen-bond acceptors (Lipinski definition) is 5. The Balaban J connectivity index is 1.58. The Morgan fingerprint density at radius 3 is 2.54 bits per heavy atom. The molecule has 0 bridgehead atoms. The number of anilines is 2. The van der Waals surface area contributed by atoms with Crippen LogP contribution in [0.5, 0.6) is 0 Å². The molecule has 0 aliphatic heterocycles. The third-order valence-corrected chi connectivity index (χ3v) is 4.13. The number of rotatable bonds is 7. The van der Waals surface area contributed by atoms with E-state index in [9.17, 15) is 4.79 Å². The van der Waals surface area contributed by atoms with Gasteiger partial charge in [-0.25, -0.2) is 9.97 Å². The van der Waals surface area contributed by atoms with E-state index >= 15 is 0 Å². The molecule has 2 aromatic carbocycles. The highest BCUT2D eigenvalue weighted by Crippen LogP contribution is 2.15. The van der Waals surface area contributed by atoms with Crippen LogP contribution >= 0.6 is 0 Å². The van der Waals surface area contributed by atoms with Crippen LogP contribution in [0.25, 0.3) is 0 Å². The van der Waals surface area contributed by atoms with Crippen molar-refractivity contribution in [3.8, 4) is 6.07 Å². The summed E-state index contributed by atoms with van der Waals surface area (Å²) in [6.45, 7) is 2.40. The van der Waals surface area contributed by atoms with E-state index in [-0.39, 0.29) is 5.91 Å². The van der Waals surface area contributed by atoms with E-state index in [1.807, 2.05) is 25.1 Å². The van der Waals surface area contributed by atoms with Crippen LogP contribution in [0.1, 0.15) is 33.7 Å². The number of aryl methyl sites for hydroxylation is 2. The maximum absolute atomic E-state index is 12.4. The molecule has 0 saturated carbocycles. The molecule has 6 nitrogen and oxygen atoms in total. The third-order valence-electron chi connectivity index (χ3n) is 4.13. The molecule has 28 heavy (non-hydrogen) atoms. The monoisotopic (exact) mass is 371 g/mol. The Morgan fingerprint density at radius 1 is 1.07 bits per heavy atom. The summed E-state index contributed by atoms with van der Waals surface area (Å²) in [6, 6.07) is 20.9. The highest BCUT2D eigenvalue weighted by Gasteiger charge is 2.10. The van der Waals surface area contributed by atoms with Crippen LogP contribution in [0.3, 0.4) is 0 Å². The van der Waals surface area contributed by atoms with Gasteiger partial charge in [0.25, 0.3) is 5.91 Å². The predicted octanol–water partition coefficient (Wildman–Crippen LogP) is 3.76. The van der Waals surface area contributed by atoms with E-state index < -0.39 is 0 Å². The molecule has 1 heterocycles. The smallest absolute Gasteiger partial charge is 0.270 e. The lowest BCUT2D eigenvalue weighted by molar-refractivity contribution is 0.0948. The number of nitrogens with one attached hydrogen (secondary N) is 2. The minimum Gasteiger partial charge on any atom is -0.351 e. The minimum absolute atomic E-state index is 0.221. The van der Waals surface area contributed by atoms with E-state index in [0.29, 0.717) is 29.4 Å². The van der Waals surface area contributed by atoms with Gasteiger partial charge >= 0.3 is 0 Å². The van der Waals surface area contributed by atoms with E-state index in [1.54, 1.807) is 30.3 Å². The van der Waals surface area contributed by atoms with Crippen molar-refractivity contribution in [3.05, 3.63) is 83.2 Å². The number of aromatic nitrogens is 2. The summed E-state index contributed by atoms with van der Waals surface area (Å²) < 4.78 is 0. The fourth-order valence-corrected chi connectivity index (χ4v) is 2.73. The third kappa shape index (κ3) is 5.39. The van der Waals surface area contributed by atoms with Crippen molar-refractivity contribution in [2.75, 3.05) is 11.9 Å². The SMILES string of the molecule is Cc1cc(C(=O)NCCCc2ccccc2)nc(Nc2ccc(C#N)cc2)n1. The van der Waals surface area contributed by atoms with Crippen molar-refractivity contribution in [2.45, 2.75) is 19.8 Å². The first-order valence-corrected chi connectivity index (χ1v) is 9.09. The summed E-state index contributed by atoms with van der Waals surface area (Å²) in [5.41, 5.74) is 3.59. The molecule has 0 spiro atoms. The van der Waals surface area contributed by atoms with Crippen molar-refractivity contribution < 1.29 is 4.79 Å². The molecule has 0 aliphatic rings. The molecular formula is C22H21N5O. The van der Waals surface area contributed by atoms with Crippen molar-refractivity contribution in [1.82, 2.24) is 15.3 Å². The standard InChI is InChI=1S/C22H21N5O/c1-16-14-20(21(28)24-13-5-8-17-6-3-2-4-7-17)27-22(25-16)26-19-11-9-18(15-23)10-12-19/h2-4,6-7,9-12,14H,5,8,13H2,1H3,(H,24,28)(H,25,26,27). The topological polar surface area (TPSA) is 90.7 Å². The molecule has 3 aromatic rings. The van der Waals surface area contributed by atoms with Gasteiger partial charge in [0.15, 0.2) is 0 Å². The zero-order chi connectivity index (χ0) is 19.8. The van der Waals surface area contributed by atoms with Crippen LogP contribution in [-0.4, -0.2) is 22.4 Å². The van der Waals surface area contributed by atoms with E-state index in [0.717, 1.165) is 18.5 Å². The first kappa shape index (κ1) is 19.1. The largest absolute Gasteiger partial charge is 0.351 e. The average Bonchev–Trinajstić information content (AvgIpc) is 2.72. The average molecular weight is 371 g/mol. The number of nitrogens with zero attached hydrogens (tertiary/aromatic N) is 3. The summed E-state index contributed by atoms with van der Waals surface area (Å²) >= 11 is 0. The van der Waals surface area contributed by atoms with Gasteiger partial charge in [0, 0.05) is 17.9 Å². The molecule has 0 aliphatic carbocycles. The fraction of sp³-hybridized carbons (Fsp3) is 0.182. The molecule has 0 radical (unpaired) electrons. The number of amides is 1. The molecule has 1 aromatic heterocycles. The first-order chi connectivity index (χ1) is 13.6. The number of carbonyl (C=O) groups is 1. The number of carbonyl (C=O) groups excluding carboxylic acids is 1. The van der Waals surface area contributed by atoms with Crippen LogP contribution in [0, 0.1) is 18.3 Å². The van der Waals surface area contributed by atoms with E-state index in [2.05, 4.69) is 38.8 Å². The molecule has 0 atom stereocenters. The second kappa shape index (κ2) is 9.28. The first-order valence-electron chi connectivity index (χ1n) is 9.09. The number of nitriles is 1. The molecular weight excluding hydrogens is 350 g/mol. The van der Waals surface area contributed by atoms with Gasteiger partial charge in [0.05, 0.1) is 11.6 Å². The Bertz CT molecular complexity index is 978. The Labute approximate surface area is 164 Å². The van der Waals surface area contributed by atoms with Gasteiger partial charge in [-0.05, 0) is 55.7 Å². The number of hydrogen-bond donors (Lipinski definition) is 2. The molecule has 6 heteroatoms. The maximum Gasteiger partial charge on any atom is 0.270 e. The second-order valence-corrected chi connectivity index (χ2v) is 6.38. The zero-order valence-electron chi connectivity index (χ0n) is 15.6. The highest BCUT2D eigenvalue weighted by atomic mass is 16.1. The fourth-order valence-electron chi connectivity index (χ4n) is 2.73. The maximum atomic E-state index is 12.4. The minimum atomic E-state index is -0.221. The van der Waals surface area contributed by atoms with Crippen molar-refractivity contribution >= 4 is 17.5 Å². The van der Waals surface area contributed by atoms with E-state index in [4.69, 9.17) is 5.26 Å². The molecule has 0 unspecified atom stereocenters. The van der Waals surface area contributed by atoms with Gasteiger partial charge in [-0.15, -0.1) is 0 Å². The Morgan fingerprint density at radius 2 is 1.82 bits per heavy atom. The molecule has 3 rings (SSSR count). The molecule has 1 amide bonds. The Kier molecular flexibility index (Phi) is 6.32. The lowest BCUT2D eigenvalue weighted by atomic mass is 10.1. The lowest BCUT2D eigenvalue weighted by Crippen LogP contribution is -2.26. The van der Waals surface area contributed by atoms with Gasteiger partial charge in [-0.2, -0.15) is 5.26 Å². The van der Waals surface area contributed by atoms with Crippen LogP contribution in [-0.2, 0) is 6.42 Å². The van der Waals surface area contributed by atoms with Crippen LogP contribution in [0.15, 0.2) is 60.7 Å². The van der Waals surface area contributed by atoms with Crippen LogP contribution < -0.4 is 10.6 Å². The van der Waals surface area contributed by atoms with Gasteiger partial charge < -0.3 is 10.6 Å². The predicted molar refractivity (Wildman–Crippen MR) is 108 cm³/mol. The molecule has 0 saturated heterocycles. The quantitative estimate of drug-likeness (QED) is 0.617. The van der Waals surface area contributed by atoms with E-state index in [1.165, 1.54) is 5.56 Å². The zero-order valence-corrected chi connectivity index (χ0v) is 15.6. The highest BCUT2D eigenvalue weighted by molar-refractivity contribution is 5.92. The van der Waals surface area contributed by atoms with Gasteiger partial charge in [0.2, 0.25) is 5.95 Å². The van der Waals surface area contributed by atoms with Crippen molar-refractivity contribution in [2.24, 2.45) is 0 Å². The molecule has 2 N–H and O–H groups in total. The normalized spacial score (nSPS) is 10.1. The van der Waals surface area contributed by atoms with Crippen LogP contribution in [0.4, 0.5) is 11.6 Å². The second-order valence-electron chi connectivity index (χ2n) is 6.38. The summed E-state index contributed by atoms with van der Waals surface area (Å²) in [4.78, 5) is 21.1. The van der Waals surface area contributed by atoms with Gasteiger partial charge in [-0.1, -0.05) is 30.3 Å². The van der Waals surface area contributed by atoms with Crippen molar-refractivity contribution in [3.63, 3.8) is 0 Å².